The predicted octanol–water partition coefficient (Wildman–Crippen LogP) is 28.8. The highest BCUT2D eigenvalue weighted by molar-refractivity contribution is 7.00. The quantitative estimate of drug-likeness (QED) is 0.148. The van der Waals surface area contributed by atoms with Gasteiger partial charge in [-0.2, -0.15) is 0 Å². The van der Waals surface area contributed by atoms with Crippen molar-refractivity contribution in [1.82, 2.24) is 13.7 Å². The first-order valence-electron chi connectivity index (χ1n) is 43.4. The van der Waals surface area contributed by atoms with E-state index >= 15 is 0 Å². The van der Waals surface area contributed by atoms with Crippen LogP contribution in [-0.2, 0) is 48.7 Å². The Morgan fingerprint density at radius 1 is 0.237 bits per heavy atom. The van der Waals surface area contributed by atoms with Crippen LogP contribution in [0.2, 0.25) is 0 Å². The van der Waals surface area contributed by atoms with Gasteiger partial charge in [0.2, 0.25) is 0 Å². The number of benzene rings is 13. The van der Waals surface area contributed by atoms with Crippen LogP contribution in [-0.4, -0.2) is 20.4 Å². The number of hydrogen-bond donors (Lipinski definition) is 0. The average Bonchev–Trinajstić information content (AvgIpc) is 0.976. The van der Waals surface area contributed by atoms with Crippen molar-refractivity contribution < 1.29 is 0 Å². The molecular formula is C112H114BN5. The summed E-state index contributed by atoms with van der Waals surface area (Å²) in [7, 11) is 0. The Hall–Kier alpha value is -11.1. The Balaban J connectivity index is 0.895. The Morgan fingerprint density at radius 2 is 0.517 bits per heavy atom. The second-order valence-electron chi connectivity index (χ2n) is 43.4. The number of para-hydroxylation sites is 1. The highest BCUT2D eigenvalue weighted by atomic mass is 15.2. The Bertz CT molecular complexity index is 6450. The molecule has 5 nitrogen and oxygen atoms in total. The minimum atomic E-state index is -0.215. The molecule has 0 saturated heterocycles. The van der Waals surface area contributed by atoms with Crippen molar-refractivity contribution in [2.45, 2.75) is 221 Å². The fourth-order valence-corrected chi connectivity index (χ4v) is 22.0. The van der Waals surface area contributed by atoms with E-state index in [0.717, 1.165) is 64.0 Å². The van der Waals surface area contributed by atoms with Crippen LogP contribution in [0.25, 0.3) is 105 Å². The van der Waals surface area contributed by atoms with Gasteiger partial charge in [-0.1, -0.05) is 281 Å². The van der Waals surface area contributed by atoms with E-state index < -0.39 is 0 Å². The first-order chi connectivity index (χ1) is 55.6. The Labute approximate surface area is 700 Å². The maximum atomic E-state index is 2.66. The van der Waals surface area contributed by atoms with Gasteiger partial charge >= 0.3 is 0 Å². The van der Waals surface area contributed by atoms with Gasteiger partial charge in [-0.15, -0.1) is 0 Å². The number of nitrogens with zero attached hydrogens (tertiary/aromatic N) is 5. The lowest BCUT2D eigenvalue weighted by Crippen LogP contribution is -2.61. The molecule has 118 heavy (non-hydrogen) atoms. The Morgan fingerprint density at radius 3 is 0.856 bits per heavy atom. The molecule has 0 fully saturated rings. The van der Waals surface area contributed by atoms with Gasteiger partial charge in [-0.25, -0.2) is 0 Å². The normalized spacial score (nSPS) is 16.1. The van der Waals surface area contributed by atoms with Crippen LogP contribution in [0.4, 0.5) is 34.1 Å². The van der Waals surface area contributed by atoms with E-state index in [0.29, 0.717) is 0 Å². The molecule has 0 saturated carbocycles. The molecule has 16 aromatic rings. The average molecular weight is 1540 g/mol. The minimum Gasteiger partial charge on any atom is -0.311 e. The molecule has 20 rings (SSSR count). The minimum absolute atomic E-state index is 0.0522. The van der Waals surface area contributed by atoms with Gasteiger partial charge in [-0.3, -0.25) is 0 Å². The van der Waals surface area contributed by atoms with E-state index in [4.69, 9.17) is 0 Å². The molecule has 0 unspecified atom stereocenters. The van der Waals surface area contributed by atoms with Crippen LogP contribution >= 0.6 is 0 Å². The summed E-state index contributed by atoms with van der Waals surface area (Å²) in [6, 6.07) is 99.6. The van der Waals surface area contributed by atoms with Gasteiger partial charge in [0.1, 0.15) is 0 Å². The van der Waals surface area contributed by atoms with Crippen molar-refractivity contribution in [2.75, 3.05) is 9.80 Å². The topological polar surface area (TPSA) is 21.3 Å². The summed E-state index contributed by atoms with van der Waals surface area (Å²) in [5.74, 6) is 0. The summed E-state index contributed by atoms with van der Waals surface area (Å²) in [4.78, 5) is 5.33. The third kappa shape index (κ3) is 11.7. The largest absolute Gasteiger partial charge is 0.311 e. The van der Waals surface area contributed by atoms with E-state index in [1.807, 2.05) is 0 Å². The van der Waals surface area contributed by atoms with E-state index in [1.54, 1.807) is 0 Å². The van der Waals surface area contributed by atoms with Crippen LogP contribution in [0.3, 0.4) is 0 Å². The fraction of sp³-hybridized carbons (Fsp3) is 0.304. The van der Waals surface area contributed by atoms with Crippen LogP contribution in [0.5, 0.6) is 0 Å². The van der Waals surface area contributed by atoms with Crippen LogP contribution < -0.4 is 26.2 Å². The highest BCUT2D eigenvalue weighted by Gasteiger charge is 2.47. The zero-order valence-electron chi connectivity index (χ0n) is 73.9. The van der Waals surface area contributed by atoms with Gasteiger partial charge in [0, 0.05) is 77.8 Å². The summed E-state index contributed by atoms with van der Waals surface area (Å²) >= 11 is 0. The summed E-state index contributed by atoms with van der Waals surface area (Å²) in [6.07, 6.45) is 2.24. The lowest BCUT2D eigenvalue weighted by atomic mass is 9.33. The maximum absolute atomic E-state index is 2.66. The van der Waals surface area contributed by atoms with Gasteiger partial charge in [0.15, 0.2) is 0 Å². The molecule has 590 valence electrons. The maximum Gasteiger partial charge on any atom is 0.252 e. The second kappa shape index (κ2) is 25.2. The van der Waals surface area contributed by atoms with E-state index in [9.17, 15) is 0 Å². The predicted molar refractivity (Wildman–Crippen MR) is 509 cm³/mol. The van der Waals surface area contributed by atoms with Gasteiger partial charge in [0.05, 0.1) is 38.8 Å². The molecule has 0 amide bonds. The molecule has 0 N–H and O–H groups in total. The molecule has 0 radical (unpaired) electrons. The SMILES string of the molecule is CC(C)(C)c1ccc2c(c1)c1ccccc1n2-c1cc2c3c(c1)N(c1ccc(-c4ccc5c(c4)C(C)(C)CC5(C)C)cc1)c1cc(-n4c5ccc(C(C)(C)C)cc5c5cc(C(C)(C)C)ccc54)ccc1B3c1ccc(-n3c4ccc(C(C)(C)C)cc4c4cc(C(C)(C)C)ccc43)cc1N2c1ccc(-c2ccc3c(c2)C(C)(C)CC3(C)C)cc1. The molecule has 5 heterocycles. The van der Waals surface area contributed by atoms with E-state index in [-0.39, 0.29) is 55.4 Å². The van der Waals surface area contributed by atoms with Crippen molar-refractivity contribution >= 4 is 123 Å². The molecule has 3 aromatic heterocycles. The summed E-state index contributed by atoms with van der Waals surface area (Å²) in [6.45, 7) is 54.3. The monoisotopic (exact) mass is 1540 g/mol. The molecule has 6 heteroatoms. The standard InChI is InChI=1S/C112H114BN5/c1-104(2,3)71-34-49-94-82(56-71)81-26-24-25-27-93(81)118(94)80-63-101-103-102(64-80)115(77-41-30-68(31-42-77)70-33-46-88-90(55-70)112(22,23)66-110(88,18)19)100-62-79(117-97-52-37-74(107(10,11)12)59-85(97)86-60-75(108(13,14)15)38-53-98(86)117)44-48-92(100)113(103)91-47-43-78(116-95-50-35-72(105(4,5)6)57-83(95)84-58-73(106(7,8)9)36-51-96(84)116)61-99(91)114(101)76-39-28-67(29-40-76)69-32-45-87-89(54-69)111(20,21)65-109(87,16)17/h24-64H,65-66H2,1-23H3. The highest BCUT2D eigenvalue weighted by Crippen LogP contribution is 2.55. The second-order valence-corrected chi connectivity index (χ2v) is 43.4. The van der Waals surface area contributed by atoms with Crippen molar-refractivity contribution in [1.29, 1.82) is 0 Å². The molecule has 2 aliphatic heterocycles. The fourth-order valence-electron chi connectivity index (χ4n) is 22.0. The van der Waals surface area contributed by atoms with Crippen molar-refractivity contribution in [3.05, 3.63) is 299 Å². The number of anilines is 6. The molecule has 0 spiro atoms. The smallest absolute Gasteiger partial charge is 0.252 e. The van der Waals surface area contributed by atoms with Crippen molar-refractivity contribution in [2.24, 2.45) is 0 Å². The number of rotatable bonds is 7. The zero-order chi connectivity index (χ0) is 82.7. The number of fused-ring (bicyclic) bond motifs is 15. The molecule has 2 aliphatic carbocycles. The van der Waals surface area contributed by atoms with Gasteiger partial charge < -0.3 is 23.5 Å². The van der Waals surface area contributed by atoms with E-state index in [2.05, 4.69) is 431 Å². The lowest BCUT2D eigenvalue weighted by molar-refractivity contribution is 0.402. The third-order valence-corrected chi connectivity index (χ3v) is 28.0. The summed E-state index contributed by atoms with van der Waals surface area (Å²) in [5, 5.41) is 7.58. The van der Waals surface area contributed by atoms with Gasteiger partial charge in [0.25, 0.3) is 6.71 Å². The molecule has 0 atom stereocenters. The first kappa shape index (κ1) is 75.7. The van der Waals surface area contributed by atoms with Crippen LogP contribution in [0, 0.1) is 0 Å². The zero-order valence-corrected chi connectivity index (χ0v) is 73.9. The first-order valence-corrected chi connectivity index (χ1v) is 43.4. The molecule has 13 aromatic carbocycles. The third-order valence-electron chi connectivity index (χ3n) is 28.0. The van der Waals surface area contributed by atoms with Crippen LogP contribution in [0.15, 0.2) is 249 Å². The lowest BCUT2D eigenvalue weighted by Gasteiger charge is -2.44. The molecule has 0 bridgehead atoms. The van der Waals surface area contributed by atoms with E-state index in [1.165, 1.54) is 154 Å². The Kier molecular flexibility index (Phi) is 16.2. The van der Waals surface area contributed by atoms with Crippen LogP contribution in [0.1, 0.15) is 222 Å². The number of aromatic nitrogens is 3. The van der Waals surface area contributed by atoms with Crippen molar-refractivity contribution in [3.63, 3.8) is 0 Å². The summed E-state index contributed by atoms with van der Waals surface area (Å²) < 4.78 is 7.73. The molecular weight excluding hydrogens is 1430 g/mol. The molecule has 4 aliphatic rings. The summed E-state index contributed by atoms with van der Waals surface area (Å²) in [5.41, 5.74) is 38.5. The van der Waals surface area contributed by atoms with Gasteiger partial charge in [-0.05, 0) is 278 Å². The van der Waals surface area contributed by atoms with Crippen molar-refractivity contribution in [3.8, 4) is 39.3 Å². The number of hydrogen-bond acceptors (Lipinski definition) is 2.